The summed E-state index contributed by atoms with van der Waals surface area (Å²) in [5.41, 5.74) is 1.45. The molecule has 21 heavy (non-hydrogen) atoms. The Morgan fingerprint density at radius 2 is 2.10 bits per heavy atom. The standard InChI is InChI=1S/C14H14BrN3O3/c15-10-1-2-12(14(9-10)18(19)20)13-3-6-16-17(13)11-4-7-21-8-5-11/h1-3,6,9,11H,4-5,7-8H2. The van der Waals surface area contributed by atoms with E-state index in [2.05, 4.69) is 21.0 Å². The zero-order valence-electron chi connectivity index (χ0n) is 11.2. The highest BCUT2D eigenvalue weighted by molar-refractivity contribution is 9.10. The Hall–Kier alpha value is -1.73. The number of aromatic nitrogens is 2. The SMILES string of the molecule is O=[N+]([O-])c1cc(Br)ccc1-c1ccnn1C1CCOCC1. The Morgan fingerprint density at radius 3 is 2.81 bits per heavy atom. The monoisotopic (exact) mass is 351 g/mol. The van der Waals surface area contributed by atoms with Crippen molar-refractivity contribution in [3.05, 3.63) is 45.0 Å². The van der Waals surface area contributed by atoms with Crippen LogP contribution in [0.2, 0.25) is 0 Å². The second-order valence-corrected chi connectivity index (χ2v) is 5.84. The van der Waals surface area contributed by atoms with E-state index in [0.29, 0.717) is 23.2 Å². The second-order valence-electron chi connectivity index (χ2n) is 4.92. The maximum atomic E-state index is 11.3. The topological polar surface area (TPSA) is 70.2 Å². The smallest absolute Gasteiger partial charge is 0.279 e. The number of nitrogens with zero attached hydrogens (tertiary/aromatic N) is 3. The highest BCUT2D eigenvalue weighted by Crippen LogP contribution is 2.34. The van der Waals surface area contributed by atoms with Crippen LogP contribution in [0.1, 0.15) is 18.9 Å². The van der Waals surface area contributed by atoms with Crippen molar-refractivity contribution in [3.63, 3.8) is 0 Å². The highest BCUT2D eigenvalue weighted by atomic mass is 79.9. The van der Waals surface area contributed by atoms with Gasteiger partial charge >= 0.3 is 0 Å². The van der Waals surface area contributed by atoms with Crippen molar-refractivity contribution < 1.29 is 9.66 Å². The van der Waals surface area contributed by atoms with Gasteiger partial charge in [0.25, 0.3) is 5.69 Å². The summed E-state index contributed by atoms with van der Waals surface area (Å²) >= 11 is 3.28. The van der Waals surface area contributed by atoms with Gasteiger partial charge in [0.2, 0.25) is 0 Å². The maximum Gasteiger partial charge on any atom is 0.279 e. The van der Waals surface area contributed by atoms with Crippen LogP contribution < -0.4 is 0 Å². The van der Waals surface area contributed by atoms with Crippen molar-refractivity contribution in [2.24, 2.45) is 0 Å². The van der Waals surface area contributed by atoms with Gasteiger partial charge in [-0.3, -0.25) is 14.8 Å². The van der Waals surface area contributed by atoms with Gasteiger partial charge in [-0.05, 0) is 31.0 Å². The van der Waals surface area contributed by atoms with Gasteiger partial charge in [0.1, 0.15) is 0 Å². The number of hydrogen-bond donors (Lipinski definition) is 0. The first kappa shape index (κ1) is 14.2. The molecule has 6 nitrogen and oxygen atoms in total. The van der Waals surface area contributed by atoms with Crippen LogP contribution >= 0.6 is 15.9 Å². The summed E-state index contributed by atoms with van der Waals surface area (Å²) in [6, 6.07) is 7.15. The Labute approximate surface area is 130 Å². The number of nitro benzene ring substituents is 1. The maximum absolute atomic E-state index is 11.3. The van der Waals surface area contributed by atoms with Crippen LogP contribution in [0.15, 0.2) is 34.9 Å². The lowest BCUT2D eigenvalue weighted by Crippen LogP contribution is -2.21. The minimum absolute atomic E-state index is 0.0817. The van der Waals surface area contributed by atoms with Gasteiger partial charge in [-0.1, -0.05) is 15.9 Å². The zero-order chi connectivity index (χ0) is 14.8. The van der Waals surface area contributed by atoms with E-state index in [4.69, 9.17) is 4.74 Å². The molecule has 0 atom stereocenters. The van der Waals surface area contributed by atoms with Crippen LogP contribution in [0, 0.1) is 10.1 Å². The van der Waals surface area contributed by atoms with Crippen molar-refractivity contribution in [1.82, 2.24) is 9.78 Å². The number of hydrogen-bond acceptors (Lipinski definition) is 4. The zero-order valence-corrected chi connectivity index (χ0v) is 12.8. The predicted molar refractivity (Wildman–Crippen MR) is 81.1 cm³/mol. The second kappa shape index (κ2) is 5.95. The Kier molecular flexibility index (Phi) is 4.03. The van der Waals surface area contributed by atoms with Crippen molar-refractivity contribution >= 4 is 21.6 Å². The molecule has 1 aromatic heterocycles. The average Bonchev–Trinajstić information content (AvgIpc) is 2.97. The van der Waals surface area contributed by atoms with Gasteiger partial charge in [-0.2, -0.15) is 5.10 Å². The summed E-state index contributed by atoms with van der Waals surface area (Å²) in [4.78, 5) is 10.9. The predicted octanol–water partition coefficient (Wildman–Crippen LogP) is 3.57. The molecule has 2 heterocycles. The van der Waals surface area contributed by atoms with Gasteiger partial charge in [0.15, 0.2) is 0 Å². The van der Waals surface area contributed by atoms with Crippen LogP contribution in [0.25, 0.3) is 11.3 Å². The van der Waals surface area contributed by atoms with Crippen LogP contribution in [0.4, 0.5) is 5.69 Å². The fourth-order valence-electron chi connectivity index (χ4n) is 2.62. The molecule has 0 unspecified atom stereocenters. The van der Waals surface area contributed by atoms with Crippen molar-refractivity contribution in [2.45, 2.75) is 18.9 Å². The fourth-order valence-corrected chi connectivity index (χ4v) is 2.97. The molecule has 0 N–H and O–H groups in total. The molecule has 0 bridgehead atoms. The number of ether oxygens (including phenoxy) is 1. The van der Waals surface area contributed by atoms with Gasteiger partial charge in [0.05, 0.1) is 22.2 Å². The van der Waals surface area contributed by atoms with Crippen molar-refractivity contribution in [3.8, 4) is 11.3 Å². The first-order valence-corrected chi connectivity index (χ1v) is 7.51. The molecule has 0 spiro atoms. The van der Waals surface area contributed by atoms with Crippen LogP contribution in [0.3, 0.4) is 0 Å². The molecule has 0 aliphatic carbocycles. The highest BCUT2D eigenvalue weighted by Gasteiger charge is 2.23. The normalized spacial score (nSPS) is 16.0. The molecule has 2 aromatic rings. The molecule has 0 amide bonds. The van der Waals surface area contributed by atoms with E-state index in [9.17, 15) is 10.1 Å². The lowest BCUT2D eigenvalue weighted by Gasteiger charge is -2.24. The van der Waals surface area contributed by atoms with Crippen LogP contribution in [-0.4, -0.2) is 27.9 Å². The van der Waals surface area contributed by atoms with Crippen molar-refractivity contribution in [1.29, 1.82) is 0 Å². The third-order valence-corrected chi connectivity index (χ3v) is 4.13. The Bertz CT molecular complexity index is 665. The summed E-state index contributed by atoms with van der Waals surface area (Å²) < 4.78 is 7.94. The number of rotatable bonds is 3. The summed E-state index contributed by atoms with van der Waals surface area (Å²) in [6.07, 6.45) is 3.44. The van der Waals surface area contributed by atoms with E-state index in [0.717, 1.165) is 18.5 Å². The average molecular weight is 352 g/mol. The summed E-state index contributed by atoms with van der Waals surface area (Å²) in [5, 5.41) is 15.7. The molecule has 1 aromatic carbocycles. The third kappa shape index (κ3) is 2.84. The van der Waals surface area contributed by atoms with Crippen LogP contribution in [0.5, 0.6) is 0 Å². The number of benzene rings is 1. The molecular formula is C14H14BrN3O3. The lowest BCUT2D eigenvalue weighted by atomic mass is 10.1. The molecule has 0 radical (unpaired) electrons. The molecule has 110 valence electrons. The van der Waals surface area contributed by atoms with Gasteiger partial charge in [0, 0.05) is 29.9 Å². The van der Waals surface area contributed by atoms with E-state index >= 15 is 0 Å². The summed E-state index contributed by atoms with van der Waals surface area (Å²) in [5.74, 6) is 0. The quantitative estimate of drug-likeness (QED) is 0.625. The van der Waals surface area contributed by atoms with Gasteiger partial charge in [-0.25, -0.2) is 0 Å². The van der Waals surface area contributed by atoms with E-state index < -0.39 is 0 Å². The van der Waals surface area contributed by atoms with Gasteiger partial charge in [-0.15, -0.1) is 0 Å². The Balaban J connectivity index is 2.05. The van der Waals surface area contributed by atoms with Gasteiger partial charge < -0.3 is 4.74 Å². The van der Waals surface area contributed by atoms with E-state index in [-0.39, 0.29) is 16.7 Å². The molecule has 3 rings (SSSR count). The minimum atomic E-state index is -0.360. The minimum Gasteiger partial charge on any atom is -0.381 e. The van der Waals surface area contributed by atoms with Crippen LogP contribution in [-0.2, 0) is 4.74 Å². The largest absolute Gasteiger partial charge is 0.381 e. The first-order valence-electron chi connectivity index (χ1n) is 6.72. The van der Waals surface area contributed by atoms with E-state index in [1.807, 2.05) is 16.8 Å². The molecule has 1 saturated heterocycles. The molecule has 1 aliphatic rings. The van der Waals surface area contributed by atoms with E-state index in [1.165, 1.54) is 6.07 Å². The Morgan fingerprint density at radius 1 is 1.33 bits per heavy atom. The fraction of sp³-hybridized carbons (Fsp3) is 0.357. The third-order valence-electron chi connectivity index (χ3n) is 3.64. The molecular weight excluding hydrogens is 338 g/mol. The lowest BCUT2D eigenvalue weighted by molar-refractivity contribution is -0.384. The molecule has 0 saturated carbocycles. The molecule has 1 aliphatic heterocycles. The first-order chi connectivity index (χ1) is 10.2. The van der Waals surface area contributed by atoms with Crippen molar-refractivity contribution in [2.75, 3.05) is 13.2 Å². The number of nitro groups is 1. The summed E-state index contributed by atoms with van der Waals surface area (Å²) in [6.45, 7) is 1.40. The van der Waals surface area contributed by atoms with E-state index in [1.54, 1.807) is 12.3 Å². The molecule has 7 heteroatoms. The molecule has 1 fully saturated rings. The number of halogens is 1. The summed E-state index contributed by atoms with van der Waals surface area (Å²) in [7, 11) is 0.